The highest BCUT2D eigenvalue weighted by atomic mass is 31.2. The van der Waals surface area contributed by atoms with Crippen molar-refractivity contribution in [3.8, 4) is 11.5 Å². The summed E-state index contributed by atoms with van der Waals surface area (Å²) in [6.45, 7) is 2.04. The van der Waals surface area contributed by atoms with E-state index in [0.29, 0.717) is 6.61 Å². The van der Waals surface area contributed by atoms with Gasteiger partial charge in [0.2, 0.25) is 0 Å². The predicted octanol–water partition coefficient (Wildman–Crippen LogP) is 4.45. The number of para-hydroxylation sites is 2. The van der Waals surface area contributed by atoms with Gasteiger partial charge in [-0.1, -0.05) is 75.4 Å². The van der Waals surface area contributed by atoms with Crippen LogP contribution in [-0.4, -0.2) is 59.2 Å². The highest BCUT2D eigenvalue weighted by Gasteiger charge is 2.45. The second-order valence-electron chi connectivity index (χ2n) is 8.70. The molecule has 10 heteroatoms. The Hall–Kier alpha value is -1.97. The zero-order valence-electron chi connectivity index (χ0n) is 20.6. The lowest BCUT2D eigenvalue weighted by molar-refractivity contribution is -0.300. The van der Waals surface area contributed by atoms with E-state index in [4.69, 9.17) is 23.0 Å². The first kappa shape index (κ1) is 28.6. The summed E-state index contributed by atoms with van der Waals surface area (Å²) in [5, 5.41) is 31.1. The maximum Gasteiger partial charge on any atom is 0.587 e. The van der Waals surface area contributed by atoms with E-state index < -0.39 is 45.1 Å². The minimum Gasteiger partial charge on any atom is -0.395 e. The zero-order valence-corrected chi connectivity index (χ0v) is 21.4. The lowest BCUT2D eigenvalue weighted by Crippen LogP contribution is -2.59. The summed E-state index contributed by atoms with van der Waals surface area (Å²) < 4.78 is 41.5. The molecule has 0 aromatic heterocycles. The van der Waals surface area contributed by atoms with Crippen LogP contribution in [0.1, 0.15) is 45.4 Å². The first-order valence-corrected chi connectivity index (χ1v) is 13.9. The van der Waals surface area contributed by atoms with Crippen molar-refractivity contribution in [3.05, 3.63) is 60.7 Å². The number of hydrogen-bond acceptors (Lipinski definition) is 9. The summed E-state index contributed by atoms with van der Waals surface area (Å²) in [6.07, 6.45) is -0.405. The number of benzene rings is 2. The minimum absolute atomic E-state index is 0.262. The molecule has 1 saturated heterocycles. The van der Waals surface area contributed by atoms with Gasteiger partial charge in [-0.15, -0.1) is 0 Å². The molecule has 0 spiro atoms. The van der Waals surface area contributed by atoms with Crippen LogP contribution in [0, 0.1) is 0 Å². The van der Waals surface area contributed by atoms with Crippen LogP contribution >= 0.6 is 7.82 Å². The quantitative estimate of drug-likeness (QED) is 0.229. The van der Waals surface area contributed by atoms with Crippen LogP contribution in [0.25, 0.3) is 0 Å². The van der Waals surface area contributed by atoms with Crippen molar-refractivity contribution in [1.29, 1.82) is 0 Å². The van der Waals surface area contributed by atoms with Crippen LogP contribution < -0.4 is 9.05 Å². The van der Waals surface area contributed by atoms with Crippen molar-refractivity contribution in [1.82, 2.24) is 0 Å². The monoisotopic (exact) mass is 524 g/mol. The number of rotatable bonds is 15. The topological polar surface area (TPSA) is 124 Å². The molecular weight excluding hydrogens is 487 g/mol. The summed E-state index contributed by atoms with van der Waals surface area (Å²) in [6, 6.07) is 16.8. The molecule has 200 valence electrons. The average molecular weight is 525 g/mol. The Morgan fingerprint density at radius 1 is 0.778 bits per heavy atom. The molecule has 36 heavy (non-hydrogen) atoms. The SMILES string of the molecule is CCCCCCCCO[C@@H]1O[C@H](COP(=O)(Oc2ccccc2)Oc2ccccc2)[C@@H](O)[C@H](O)[C@H]1O. The van der Waals surface area contributed by atoms with Crippen LogP contribution in [-0.2, 0) is 18.6 Å². The Bertz CT molecular complexity index is 869. The van der Waals surface area contributed by atoms with Gasteiger partial charge in [0.15, 0.2) is 6.29 Å². The number of aliphatic hydroxyl groups is 3. The molecule has 0 bridgehead atoms. The van der Waals surface area contributed by atoms with E-state index in [-0.39, 0.29) is 11.5 Å². The van der Waals surface area contributed by atoms with Crippen molar-refractivity contribution in [2.24, 2.45) is 0 Å². The average Bonchev–Trinajstić information content (AvgIpc) is 2.88. The van der Waals surface area contributed by atoms with Crippen molar-refractivity contribution < 1.29 is 42.9 Å². The minimum atomic E-state index is -4.23. The molecule has 1 heterocycles. The number of aliphatic hydroxyl groups excluding tert-OH is 3. The van der Waals surface area contributed by atoms with Crippen molar-refractivity contribution >= 4 is 7.82 Å². The molecule has 0 radical (unpaired) electrons. The molecule has 2 aromatic carbocycles. The van der Waals surface area contributed by atoms with Gasteiger partial charge in [0.1, 0.15) is 35.9 Å². The Morgan fingerprint density at radius 3 is 1.92 bits per heavy atom. The lowest BCUT2D eigenvalue weighted by Gasteiger charge is -2.40. The molecule has 1 fully saturated rings. The normalized spacial score (nSPS) is 24.4. The molecule has 1 aliphatic heterocycles. The zero-order chi connectivity index (χ0) is 25.8. The van der Waals surface area contributed by atoms with Gasteiger partial charge in [-0.3, -0.25) is 4.52 Å². The molecule has 5 atom stereocenters. The molecule has 0 amide bonds. The standard InChI is InChI=1S/C26H37O9P/c1-2-3-4-5-6-13-18-31-26-25(29)24(28)23(27)22(33-26)19-32-36(30,34-20-14-9-7-10-15-20)35-21-16-11-8-12-17-21/h7-12,14-17,22-29H,2-6,13,18-19H2,1H3/t22-,23-,24+,25-,26-/m1/s1. The highest BCUT2D eigenvalue weighted by molar-refractivity contribution is 7.49. The van der Waals surface area contributed by atoms with Gasteiger partial charge in [-0.25, -0.2) is 4.57 Å². The molecule has 3 N–H and O–H groups in total. The fraction of sp³-hybridized carbons (Fsp3) is 0.538. The van der Waals surface area contributed by atoms with Gasteiger partial charge in [-0.2, -0.15) is 0 Å². The maximum absolute atomic E-state index is 13.5. The van der Waals surface area contributed by atoms with Crippen LogP contribution in [0.15, 0.2) is 60.7 Å². The second-order valence-corrected chi connectivity index (χ2v) is 10.2. The van der Waals surface area contributed by atoms with Gasteiger partial charge >= 0.3 is 7.82 Å². The summed E-state index contributed by atoms with van der Waals surface area (Å²) in [5.74, 6) is 0.523. The van der Waals surface area contributed by atoms with Gasteiger partial charge in [0.25, 0.3) is 0 Å². The molecule has 0 unspecified atom stereocenters. The van der Waals surface area contributed by atoms with E-state index in [1.807, 2.05) is 0 Å². The van der Waals surface area contributed by atoms with E-state index in [0.717, 1.165) is 19.3 Å². The first-order chi connectivity index (χ1) is 17.4. The van der Waals surface area contributed by atoms with Crippen LogP contribution in [0.5, 0.6) is 11.5 Å². The highest BCUT2D eigenvalue weighted by Crippen LogP contribution is 2.50. The molecule has 0 saturated carbocycles. The fourth-order valence-electron chi connectivity index (χ4n) is 3.73. The first-order valence-electron chi connectivity index (χ1n) is 12.5. The Balaban J connectivity index is 1.60. The Morgan fingerprint density at radius 2 is 1.33 bits per heavy atom. The van der Waals surface area contributed by atoms with Crippen molar-refractivity contribution in [2.45, 2.75) is 76.2 Å². The molecule has 1 aliphatic rings. The van der Waals surface area contributed by atoms with Crippen LogP contribution in [0.3, 0.4) is 0 Å². The van der Waals surface area contributed by atoms with Crippen molar-refractivity contribution in [2.75, 3.05) is 13.2 Å². The van der Waals surface area contributed by atoms with Gasteiger partial charge in [-0.05, 0) is 30.7 Å². The number of phosphoric acid groups is 1. The second kappa shape index (κ2) is 14.7. The van der Waals surface area contributed by atoms with Gasteiger partial charge < -0.3 is 33.8 Å². The fourth-order valence-corrected chi connectivity index (χ4v) is 4.96. The van der Waals surface area contributed by atoms with Crippen LogP contribution in [0.2, 0.25) is 0 Å². The third kappa shape index (κ3) is 8.85. The van der Waals surface area contributed by atoms with Gasteiger partial charge in [0.05, 0.1) is 6.61 Å². The van der Waals surface area contributed by atoms with E-state index in [1.54, 1.807) is 60.7 Å². The molecule has 3 rings (SSSR count). The number of phosphoric ester groups is 1. The summed E-state index contributed by atoms with van der Waals surface area (Å²) in [7, 11) is -4.23. The number of ether oxygens (including phenoxy) is 2. The Kier molecular flexibility index (Phi) is 11.7. The number of hydrogen-bond donors (Lipinski definition) is 3. The maximum atomic E-state index is 13.5. The smallest absolute Gasteiger partial charge is 0.395 e. The summed E-state index contributed by atoms with van der Waals surface area (Å²) >= 11 is 0. The van der Waals surface area contributed by atoms with Crippen molar-refractivity contribution in [3.63, 3.8) is 0 Å². The summed E-state index contributed by atoms with van der Waals surface area (Å²) in [4.78, 5) is 0. The van der Waals surface area contributed by atoms with Crippen LogP contribution in [0.4, 0.5) is 0 Å². The van der Waals surface area contributed by atoms with Gasteiger partial charge in [0, 0.05) is 6.61 Å². The molecule has 0 aliphatic carbocycles. The lowest BCUT2D eigenvalue weighted by atomic mass is 9.99. The van der Waals surface area contributed by atoms with E-state index in [9.17, 15) is 19.9 Å². The van der Waals surface area contributed by atoms with E-state index >= 15 is 0 Å². The molecular formula is C26H37O9P. The third-order valence-corrected chi connectivity index (χ3v) is 7.10. The Labute approximate surface area is 212 Å². The number of unbranched alkanes of at least 4 members (excludes halogenated alkanes) is 5. The predicted molar refractivity (Wildman–Crippen MR) is 134 cm³/mol. The third-order valence-electron chi connectivity index (χ3n) is 5.77. The largest absolute Gasteiger partial charge is 0.587 e. The molecule has 9 nitrogen and oxygen atoms in total. The summed E-state index contributed by atoms with van der Waals surface area (Å²) in [5.41, 5.74) is 0. The molecule has 2 aromatic rings. The van der Waals surface area contributed by atoms with E-state index in [1.165, 1.54) is 19.3 Å². The van der Waals surface area contributed by atoms with E-state index in [2.05, 4.69) is 6.92 Å².